The Kier molecular flexibility index (Phi) is 5.55. The van der Waals surface area contributed by atoms with Crippen LogP contribution in [0.25, 0.3) is 0 Å². The Morgan fingerprint density at radius 1 is 1.10 bits per heavy atom. The van der Waals surface area contributed by atoms with E-state index in [9.17, 15) is 4.79 Å². The summed E-state index contributed by atoms with van der Waals surface area (Å²) in [7, 11) is 0. The minimum absolute atomic E-state index is 0.291. The standard InChI is InChI=1S/C17H17NO3/c1-2-12-20-16-10-8-15(9-11-16)17(19)18-21-13-14-6-4-3-5-7-14/h2-11H,1,12-13H2,(H,18,19). The van der Waals surface area contributed by atoms with E-state index in [1.54, 1.807) is 30.3 Å². The first kappa shape index (κ1) is 14.8. The third kappa shape index (κ3) is 4.78. The Hall–Kier alpha value is -2.59. The Morgan fingerprint density at radius 3 is 2.48 bits per heavy atom. The van der Waals surface area contributed by atoms with E-state index in [4.69, 9.17) is 9.57 Å². The van der Waals surface area contributed by atoms with Crippen LogP contribution in [0.15, 0.2) is 67.3 Å². The molecule has 2 rings (SSSR count). The molecule has 0 heterocycles. The zero-order valence-electron chi connectivity index (χ0n) is 11.6. The van der Waals surface area contributed by atoms with E-state index in [1.807, 2.05) is 30.3 Å². The number of hydroxylamine groups is 1. The van der Waals surface area contributed by atoms with E-state index in [0.717, 1.165) is 5.56 Å². The number of hydrogen-bond donors (Lipinski definition) is 1. The molecule has 0 unspecified atom stereocenters. The van der Waals surface area contributed by atoms with Gasteiger partial charge in [-0.25, -0.2) is 5.48 Å². The average Bonchev–Trinajstić information content (AvgIpc) is 2.54. The zero-order valence-corrected chi connectivity index (χ0v) is 11.6. The van der Waals surface area contributed by atoms with Crippen LogP contribution >= 0.6 is 0 Å². The lowest BCUT2D eigenvalue weighted by atomic mass is 10.2. The first-order valence-electron chi connectivity index (χ1n) is 6.59. The van der Waals surface area contributed by atoms with Crippen molar-refractivity contribution in [3.63, 3.8) is 0 Å². The van der Waals surface area contributed by atoms with Crippen LogP contribution in [0.3, 0.4) is 0 Å². The van der Waals surface area contributed by atoms with Crippen LogP contribution in [-0.2, 0) is 11.4 Å². The van der Waals surface area contributed by atoms with E-state index in [0.29, 0.717) is 24.5 Å². The Morgan fingerprint density at radius 2 is 1.81 bits per heavy atom. The largest absolute Gasteiger partial charge is 0.490 e. The highest BCUT2D eigenvalue weighted by Gasteiger charge is 2.05. The van der Waals surface area contributed by atoms with Crippen molar-refractivity contribution in [3.8, 4) is 5.75 Å². The molecule has 4 heteroatoms. The molecule has 0 radical (unpaired) electrons. The quantitative estimate of drug-likeness (QED) is 0.627. The van der Waals surface area contributed by atoms with Gasteiger partial charge in [0, 0.05) is 5.56 Å². The lowest BCUT2D eigenvalue weighted by Crippen LogP contribution is -2.23. The molecule has 0 saturated carbocycles. The molecule has 0 spiro atoms. The van der Waals surface area contributed by atoms with Gasteiger partial charge in [0.2, 0.25) is 0 Å². The van der Waals surface area contributed by atoms with Crippen LogP contribution in [0, 0.1) is 0 Å². The molecule has 1 N–H and O–H groups in total. The van der Waals surface area contributed by atoms with Crippen LogP contribution in [0.5, 0.6) is 5.75 Å². The topological polar surface area (TPSA) is 47.6 Å². The molecule has 1 amide bonds. The second kappa shape index (κ2) is 7.87. The fraction of sp³-hybridized carbons (Fsp3) is 0.118. The lowest BCUT2D eigenvalue weighted by Gasteiger charge is -2.07. The first-order valence-corrected chi connectivity index (χ1v) is 6.59. The molecule has 2 aromatic carbocycles. The average molecular weight is 283 g/mol. The molecular formula is C17H17NO3. The van der Waals surface area contributed by atoms with E-state index in [1.165, 1.54) is 0 Å². The first-order chi connectivity index (χ1) is 10.3. The van der Waals surface area contributed by atoms with Crippen molar-refractivity contribution in [1.82, 2.24) is 5.48 Å². The summed E-state index contributed by atoms with van der Waals surface area (Å²) in [6, 6.07) is 16.4. The minimum atomic E-state index is -0.291. The Labute approximate surface area is 124 Å². The molecule has 0 bridgehead atoms. The lowest BCUT2D eigenvalue weighted by molar-refractivity contribution is 0.0233. The summed E-state index contributed by atoms with van der Waals surface area (Å²) in [4.78, 5) is 17.1. The third-order valence-electron chi connectivity index (χ3n) is 2.73. The summed E-state index contributed by atoms with van der Waals surface area (Å²) in [6.45, 7) is 4.34. The van der Waals surface area contributed by atoms with Gasteiger partial charge in [0.1, 0.15) is 12.4 Å². The maximum atomic E-state index is 11.9. The number of carbonyl (C=O) groups is 1. The normalized spacial score (nSPS) is 9.90. The van der Waals surface area contributed by atoms with Crippen LogP contribution in [0.1, 0.15) is 15.9 Å². The van der Waals surface area contributed by atoms with E-state index in [-0.39, 0.29) is 5.91 Å². The number of nitrogens with one attached hydrogen (secondary N) is 1. The number of carbonyl (C=O) groups excluding carboxylic acids is 1. The maximum Gasteiger partial charge on any atom is 0.274 e. The van der Waals surface area contributed by atoms with Gasteiger partial charge in [-0.3, -0.25) is 9.63 Å². The number of benzene rings is 2. The summed E-state index contributed by atoms with van der Waals surface area (Å²) in [5, 5.41) is 0. The number of hydrogen-bond acceptors (Lipinski definition) is 3. The highest BCUT2D eigenvalue weighted by molar-refractivity contribution is 5.93. The smallest absolute Gasteiger partial charge is 0.274 e. The molecule has 0 saturated heterocycles. The Bertz CT molecular complexity index is 579. The minimum Gasteiger partial charge on any atom is -0.490 e. The van der Waals surface area contributed by atoms with Gasteiger partial charge in [0.05, 0.1) is 6.61 Å². The second-order valence-electron chi connectivity index (χ2n) is 4.33. The van der Waals surface area contributed by atoms with Crippen molar-refractivity contribution in [1.29, 1.82) is 0 Å². The summed E-state index contributed by atoms with van der Waals surface area (Å²) in [5.41, 5.74) is 3.91. The maximum absolute atomic E-state index is 11.9. The fourth-order valence-corrected chi connectivity index (χ4v) is 1.68. The van der Waals surface area contributed by atoms with Crippen LogP contribution in [0.2, 0.25) is 0 Å². The molecule has 0 aliphatic rings. The monoisotopic (exact) mass is 283 g/mol. The summed E-state index contributed by atoms with van der Waals surface area (Å²) < 4.78 is 5.35. The predicted molar refractivity (Wildman–Crippen MR) is 80.8 cm³/mol. The third-order valence-corrected chi connectivity index (χ3v) is 2.73. The van der Waals surface area contributed by atoms with Gasteiger partial charge < -0.3 is 4.74 Å². The van der Waals surface area contributed by atoms with Gasteiger partial charge in [-0.05, 0) is 29.8 Å². The van der Waals surface area contributed by atoms with Crippen LogP contribution in [0.4, 0.5) is 0 Å². The van der Waals surface area contributed by atoms with Crippen molar-refractivity contribution in [2.45, 2.75) is 6.61 Å². The SMILES string of the molecule is C=CCOc1ccc(C(=O)NOCc2ccccc2)cc1. The molecule has 0 aliphatic heterocycles. The molecule has 4 nitrogen and oxygen atoms in total. The van der Waals surface area contributed by atoms with E-state index >= 15 is 0 Å². The second-order valence-corrected chi connectivity index (χ2v) is 4.33. The van der Waals surface area contributed by atoms with E-state index in [2.05, 4.69) is 12.1 Å². The predicted octanol–water partition coefficient (Wildman–Crippen LogP) is 3.11. The summed E-state index contributed by atoms with van der Waals surface area (Å²) in [5.74, 6) is 0.401. The van der Waals surface area contributed by atoms with Crippen molar-refractivity contribution in [3.05, 3.63) is 78.4 Å². The van der Waals surface area contributed by atoms with Gasteiger partial charge in [0.25, 0.3) is 5.91 Å². The number of rotatable bonds is 7. The Balaban J connectivity index is 1.81. The van der Waals surface area contributed by atoms with Crippen LogP contribution in [-0.4, -0.2) is 12.5 Å². The zero-order chi connectivity index (χ0) is 14.9. The number of ether oxygens (including phenoxy) is 1. The van der Waals surface area contributed by atoms with Gasteiger partial charge in [-0.2, -0.15) is 0 Å². The van der Waals surface area contributed by atoms with Gasteiger partial charge >= 0.3 is 0 Å². The van der Waals surface area contributed by atoms with Gasteiger partial charge in [0.15, 0.2) is 0 Å². The van der Waals surface area contributed by atoms with Crippen molar-refractivity contribution in [2.75, 3.05) is 6.61 Å². The molecule has 0 fully saturated rings. The highest BCUT2D eigenvalue weighted by atomic mass is 16.6. The fourth-order valence-electron chi connectivity index (χ4n) is 1.68. The summed E-state index contributed by atoms with van der Waals surface area (Å²) in [6.07, 6.45) is 1.66. The van der Waals surface area contributed by atoms with Crippen LogP contribution < -0.4 is 10.2 Å². The highest BCUT2D eigenvalue weighted by Crippen LogP contribution is 2.12. The van der Waals surface area contributed by atoms with Crippen molar-refractivity contribution < 1.29 is 14.4 Å². The summed E-state index contributed by atoms with van der Waals surface area (Å²) >= 11 is 0. The molecule has 0 atom stereocenters. The van der Waals surface area contributed by atoms with E-state index < -0.39 is 0 Å². The molecule has 21 heavy (non-hydrogen) atoms. The molecule has 0 aromatic heterocycles. The number of amides is 1. The van der Waals surface area contributed by atoms with Crippen molar-refractivity contribution >= 4 is 5.91 Å². The van der Waals surface area contributed by atoms with Crippen molar-refractivity contribution in [2.24, 2.45) is 0 Å². The van der Waals surface area contributed by atoms with Gasteiger partial charge in [-0.15, -0.1) is 0 Å². The molecule has 2 aromatic rings. The molecule has 0 aliphatic carbocycles. The molecular weight excluding hydrogens is 266 g/mol. The molecule has 108 valence electrons. The van der Waals surface area contributed by atoms with Gasteiger partial charge in [-0.1, -0.05) is 43.0 Å².